The topological polar surface area (TPSA) is 79.0 Å². The van der Waals surface area contributed by atoms with Gasteiger partial charge in [-0.15, -0.1) is 11.8 Å². The number of hydrogen-bond donors (Lipinski definition) is 1. The van der Waals surface area contributed by atoms with Crippen LogP contribution in [-0.2, 0) is 14.3 Å². The lowest BCUT2D eigenvalue weighted by Gasteiger charge is -2.19. The molecule has 0 spiro atoms. The van der Waals surface area contributed by atoms with Crippen LogP contribution in [0.4, 0.5) is 20.6 Å². The van der Waals surface area contributed by atoms with Gasteiger partial charge in [-0.3, -0.25) is 14.5 Å². The molecule has 2 atom stereocenters. The number of hydrogen-bond acceptors (Lipinski definition) is 5. The van der Waals surface area contributed by atoms with Crippen LogP contribution in [0.1, 0.15) is 19.3 Å². The molecule has 3 amide bonds. The van der Waals surface area contributed by atoms with Crippen molar-refractivity contribution in [2.24, 2.45) is 0 Å². The van der Waals surface area contributed by atoms with Crippen molar-refractivity contribution in [1.29, 1.82) is 0 Å². The Hall–Kier alpha value is -2.07. The number of nitrogens with one attached hydrogen (secondary N) is 1. The minimum absolute atomic E-state index is 0.102. The standard InChI is InChI=1S/C19H19BrFN3O4S/c20-16-6-5-15(29-16)18(26)22-9-12-10-24(19(27)28-12)11-3-4-14(13(21)8-11)23-7-1-2-17(23)25/h3-5,8,12,16H,1-2,6-7,9-10H2,(H,22,26)/t12-,16?/m0/s1. The number of thioether (sulfide) groups is 1. The van der Waals surface area contributed by atoms with Crippen LogP contribution in [0.15, 0.2) is 29.2 Å². The average molecular weight is 484 g/mol. The van der Waals surface area contributed by atoms with Crippen molar-refractivity contribution in [3.8, 4) is 0 Å². The minimum atomic E-state index is -0.594. The van der Waals surface area contributed by atoms with Gasteiger partial charge in [-0.2, -0.15) is 0 Å². The number of allylic oxidation sites excluding steroid dienone is 1. The molecule has 2 saturated heterocycles. The van der Waals surface area contributed by atoms with E-state index < -0.39 is 18.0 Å². The third-order valence-electron chi connectivity index (χ3n) is 4.94. The molecule has 3 heterocycles. The number of carbonyl (C=O) groups excluding carboxylic acids is 3. The lowest BCUT2D eigenvalue weighted by Crippen LogP contribution is -2.34. The first-order chi connectivity index (χ1) is 13.9. The zero-order valence-corrected chi connectivity index (χ0v) is 17.8. The lowest BCUT2D eigenvalue weighted by molar-refractivity contribution is -0.117. The van der Waals surface area contributed by atoms with Crippen molar-refractivity contribution in [2.45, 2.75) is 29.5 Å². The van der Waals surface area contributed by atoms with Gasteiger partial charge in [0.2, 0.25) is 5.91 Å². The Bertz CT molecular complexity index is 896. The maximum atomic E-state index is 14.6. The Morgan fingerprint density at radius 2 is 2.17 bits per heavy atom. The normalized spacial score (nSPS) is 24.1. The summed E-state index contributed by atoms with van der Waals surface area (Å²) in [6.45, 7) is 0.871. The van der Waals surface area contributed by atoms with E-state index in [1.54, 1.807) is 6.07 Å². The summed E-state index contributed by atoms with van der Waals surface area (Å²) < 4.78 is 20.1. The second kappa shape index (κ2) is 8.35. The van der Waals surface area contributed by atoms with E-state index in [1.165, 1.54) is 33.7 Å². The highest BCUT2D eigenvalue weighted by molar-refractivity contribution is 9.11. The molecule has 4 rings (SSSR count). The van der Waals surface area contributed by atoms with E-state index in [0.717, 1.165) is 6.42 Å². The quantitative estimate of drug-likeness (QED) is 0.650. The van der Waals surface area contributed by atoms with Crippen LogP contribution >= 0.6 is 27.7 Å². The zero-order valence-electron chi connectivity index (χ0n) is 15.4. The molecule has 0 aliphatic carbocycles. The summed E-state index contributed by atoms with van der Waals surface area (Å²) >= 11 is 4.89. The highest BCUT2D eigenvalue weighted by Gasteiger charge is 2.34. The molecule has 1 N–H and O–H groups in total. The van der Waals surface area contributed by atoms with Crippen LogP contribution in [0.5, 0.6) is 0 Å². The first-order valence-electron chi connectivity index (χ1n) is 9.29. The molecule has 154 valence electrons. The molecule has 1 unspecified atom stereocenters. The summed E-state index contributed by atoms with van der Waals surface area (Å²) in [5, 5.41) is 2.77. The summed E-state index contributed by atoms with van der Waals surface area (Å²) in [5.41, 5.74) is 0.577. The number of carbonyl (C=O) groups is 3. The summed E-state index contributed by atoms with van der Waals surface area (Å²) in [4.78, 5) is 39.6. The fraction of sp³-hybridized carbons (Fsp3) is 0.421. The van der Waals surface area contributed by atoms with E-state index in [9.17, 15) is 18.8 Å². The largest absolute Gasteiger partial charge is 0.442 e. The summed E-state index contributed by atoms with van der Waals surface area (Å²) in [7, 11) is 0. The molecule has 3 aliphatic heterocycles. The maximum absolute atomic E-state index is 14.6. The SMILES string of the molecule is O=C(NC[C@H]1CN(c2ccc(N3CCCC3=O)c(F)c2)C(=O)O1)C1=CCC(Br)S1. The Balaban J connectivity index is 1.37. The molecule has 0 aromatic heterocycles. The number of halogens is 2. The molecule has 1 aromatic carbocycles. The molecule has 0 bridgehead atoms. The second-order valence-electron chi connectivity index (χ2n) is 6.94. The molecular formula is C19H19BrFN3O4S. The van der Waals surface area contributed by atoms with Gasteiger partial charge in [-0.25, -0.2) is 9.18 Å². The molecule has 2 fully saturated rings. The molecule has 3 aliphatic rings. The average Bonchev–Trinajstić information content (AvgIpc) is 3.40. The van der Waals surface area contributed by atoms with Gasteiger partial charge in [0.15, 0.2) is 0 Å². The molecule has 0 radical (unpaired) electrons. The van der Waals surface area contributed by atoms with Crippen LogP contribution in [0.3, 0.4) is 0 Å². The molecule has 29 heavy (non-hydrogen) atoms. The van der Waals surface area contributed by atoms with Gasteiger partial charge in [0.05, 0.1) is 33.5 Å². The first kappa shape index (κ1) is 20.2. The zero-order chi connectivity index (χ0) is 20.5. The molecule has 0 saturated carbocycles. The smallest absolute Gasteiger partial charge is 0.414 e. The number of nitrogens with zero attached hydrogens (tertiary/aromatic N) is 2. The van der Waals surface area contributed by atoms with Gasteiger partial charge in [0.1, 0.15) is 11.9 Å². The van der Waals surface area contributed by atoms with E-state index in [4.69, 9.17) is 4.74 Å². The third kappa shape index (κ3) is 4.28. The van der Waals surface area contributed by atoms with Crippen LogP contribution in [0.2, 0.25) is 0 Å². The molecule has 7 nitrogen and oxygen atoms in total. The second-order valence-corrected chi connectivity index (χ2v) is 9.90. The van der Waals surface area contributed by atoms with Crippen molar-refractivity contribution < 1.29 is 23.5 Å². The van der Waals surface area contributed by atoms with E-state index in [1.807, 2.05) is 6.08 Å². The van der Waals surface area contributed by atoms with Crippen molar-refractivity contribution in [3.63, 3.8) is 0 Å². The molecule has 1 aromatic rings. The van der Waals surface area contributed by atoms with Crippen LogP contribution in [-0.4, -0.2) is 47.8 Å². The number of ether oxygens (including phenoxy) is 1. The number of amides is 3. The monoisotopic (exact) mass is 483 g/mol. The fourth-order valence-electron chi connectivity index (χ4n) is 3.50. The number of alkyl halides is 1. The Morgan fingerprint density at radius 3 is 2.83 bits per heavy atom. The number of anilines is 2. The van der Waals surface area contributed by atoms with Crippen molar-refractivity contribution >= 4 is 57.0 Å². The van der Waals surface area contributed by atoms with E-state index >= 15 is 0 Å². The highest BCUT2D eigenvalue weighted by Crippen LogP contribution is 2.36. The van der Waals surface area contributed by atoms with E-state index in [0.29, 0.717) is 30.0 Å². The van der Waals surface area contributed by atoms with Crippen LogP contribution in [0.25, 0.3) is 0 Å². The van der Waals surface area contributed by atoms with Gasteiger partial charge in [-0.05, 0) is 31.0 Å². The summed E-state index contributed by atoms with van der Waals surface area (Å²) in [5.74, 6) is -0.858. The Morgan fingerprint density at radius 1 is 1.34 bits per heavy atom. The lowest BCUT2D eigenvalue weighted by atomic mass is 10.2. The van der Waals surface area contributed by atoms with Crippen LogP contribution < -0.4 is 15.1 Å². The van der Waals surface area contributed by atoms with Gasteiger partial charge in [0, 0.05) is 13.0 Å². The van der Waals surface area contributed by atoms with Crippen molar-refractivity contribution in [1.82, 2.24) is 5.32 Å². The van der Waals surface area contributed by atoms with E-state index in [-0.39, 0.29) is 34.8 Å². The fourth-order valence-corrected chi connectivity index (χ4v) is 5.13. The number of cyclic esters (lactones) is 1. The van der Waals surface area contributed by atoms with Crippen molar-refractivity contribution in [2.75, 3.05) is 29.4 Å². The minimum Gasteiger partial charge on any atom is -0.442 e. The summed E-state index contributed by atoms with van der Waals surface area (Å²) in [6, 6.07) is 4.35. The predicted octanol–water partition coefficient (Wildman–Crippen LogP) is 3.14. The van der Waals surface area contributed by atoms with Gasteiger partial charge < -0.3 is 15.0 Å². The Labute approximate surface area is 179 Å². The van der Waals surface area contributed by atoms with Gasteiger partial charge >= 0.3 is 6.09 Å². The Kier molecular flexibility index (Phi) is 5.82. The molecule has 10 heteroatoms. The maximum Gasteiger partial charge on any atom is 0.414 e. The number of benzene rings is 1. The van der Waals surface area contributed by atoms with Gasteiger partial charge in [-0.1, -0.05) is 22.0 Å². The predicted molar refractivity (Wildman–Crippen MR) is 112 cm³/mol. The van der Waals surface area contributed by atoms with E-state index in [2.05, 4.69) is 21.2 Å². The number of rotatable bonds is 5. The van der Waals surface area contributed by atoms with Crippen LogP contribution in [0, 0.1) is 5.82 Å². The van der Waals surface area contributed by atoms with Crippen molar-refractivity contribution in [3.05, 3.63) is 35.0 Å². The highest BCUT2D eigenvalue weighted by atomic mass is 79.9. The van der Waals surface area contributed by atoms with Gasteiger partial charge in [0.25, 0.3) is 5.91 Å². The molecular weight excluding hydrogens is 465 g/mol. The third-order valence-corrected chi connectivity index (χ3v) is 6.93. The first-order valence-corrected chi connectivity index (χ1v) is 11.1. The summed E-state index contributed by atoms with van der Waals surface area (Å²) in [6.07, 6.45) is 2.65.